The van der Waals surface area contributed by atoms with Crippen molar-refractivity contribution in [1.82, 2.24) is 4.98 Å². The highest BCUT2D eigenvalue weighted by molar-refractivity contribution is 5.93. The van der Waals surface area contributed by atoms with E-state index in [-0.39, 0.29) is 0 Å². The van der Waals surface area contributed by atoms with Gasteiger partial charge in [0.1, 0.15) is 11.3 Å². The van der Waals surface area contributed by atoms with Gasteiger partial charge < -0.3 is 15.5 Å². The Hall–Kier alpha value is -1.45. The van der Waals surface area contributed by atoms with Crippen molar-refractivity contribution < 1.29 is 9.53 Å². The first kappa shape index (κ1) is 10.6. The predicted molar refractivity (Wildman–Crippen MR) is 55.1 cm³/mol. The standard InChI is InChI=1S/C10H16N2O2/c1-6-5-7(11)8(12-6)9(13)14-10(2,3)4/h5,12H,11H2,1-4H3. The van der Waals surface area contributed by atoms with Crippen molar-refractivity contribution in [3.63, 3.8) is 0 Å². The molecular formula is C10H16N2O2. The summed E-state index contributed by atoms with van der Waals surface area (Å²) in [5, 5.41) is 0. The maximum Gasteiger partial charge on any atom is 0.357 e. The number of rotatable bonds is 1. The first-order valence-electron chi connectivity index (χ1n) is 4.48. The minimum atomic E-state index is -0.497. The van der Waals surface area contributed by atoms with Gasteiger partial charge in [-0.3, -0.25) is 0 Å². The second kappa shape index (κ2) is 3.36. The van der Waals surface area contributed by atoms with Gasteiger partial charge in [-0.25, -0.2) is 4.79 Å². The van der Waals surface area contributed by atoms with Gasteiger partial charge in [0.15, 0.2) is 0 Å². The zero-order valence-electron chi connectivity index (χ0n) is 8.97. The molecule has 0 atom stereocenters. The predicted octanol–water partition coefficient (Wildman–Crippen LogP) is 1.86. The molecule has 0 fully saturated rings. The fourth-order valence-electron chi connectivity index (χ4n) is 1.11. The van der Waals surface area contributed by atoms with Gasteiger partial charge in [-0.2, -0.15) is 0 Å². The van der Waals surface area contributed by atoms with Crippen LogP contribution in [0.5, 0.6) is 0 Å². The molecule has 0 unspecified atom stereocenters. The van der Waals surface area contributed by atoms with Crippen LogP contribution in [0.3, 0.4) is 0 Å². The number of carbonyl (C=O) groups excluding carboxylic acids is 1. The SMILES string of the molecule is Cc1cc(N)c(C(=O)OC(C)(C)C)[nH]1. The Bertz CT molecular complexity index is 347. The van der Waals surface area contributed by atoms with Crippen LogP contribution >= 0.6 is 0 Å². The number of nitrogen functional groups attached to an aromatic ring is 1. The number of nitrogens with one attached hydrogen (secondary N) is 1. The van der Waals surface area contributed by atoms with E-state index >= 15 is 0 Å². The Balaban J connectivity index is 2.85. The van der Waals surface area contributed by atoms with Crippen LogP contribution in [0.2, 0.25) is 0 Å². The minimum Gasteiger partial charge on any atom is -0.455 e. The summed E-state index contributed by atoms with van der Waals surface area (Å²) in [4.78, 5) is 14.4. The molecule has 0 aliphatic heterocycles. The second-order valence-corrected chi connectivity index (χ2v) is 4.28. The van der Waals surface area contributed by atoms with Gasteiger partial charge in [0.25, 0.3) is 0 Å². The first-order chi connectivity index (χ1) is 6.29. The Labute approximate surface area is 83.4 Å². The molecule has 3 N–H and O–H groups in total. The maximum atomic E-state index is 11.6. The lowest BCUT2D eigenvalue weighted by atomic mass is 10.2. The summed E-state index contributed by atoms with van der Waals surface area (Å²) >= 11 is 0. The molecule has 0 aliphatic rings. The molecule has 0 aliphatic carbocycles. The molecule has 0 aromatic carbocycles. The van der Waals surface area contributed by atoms with Gasteiger partial charge in [0.05, 0.1) is 5.69 Å². The molecular weight excluding hydrogens is 180 g/mol. The third kappa shape index (κ3) is 2.52. The lowest BCUT2D eigenvalue weighted by molar-refractivity contribution is 0.00647. The van der Waals surface area contributed by atoms with E-state index in [1.54, 1.807) is 6.07 Å². The number of aromatic nitrogens is 1. The molecule has 0 saturated heterocycles. The van der Waals surface area contributed by atoms with Crippen molar-refractivity contribution in [3.05, 3.63) is 17.5 Å². The van der Waals surface area contributed by atoms with Gasteiger partial charge in [-0.1, -0.05) is 0 Å². The van der Waals surface area contributed by atoms with Crippen LogP contribution in [0.15, 0.2) is 6.07 Å². The quantitative estimate of drug-likeness (QED) is 0.673. The largest absolute Gasteiger partial charge is 0.455 e. The molecule has 0 spiro atoms. The summed E-state index contributed by atoms with van der Waals surface area (Å²) in [5.74, 6) is -0.414. The molecule has 1 rings (SSSR count). The van der Waals surface area contributed by atoms with Gasteiger partial charge in [0, 0.05) is 5.69 Å². The van der Waals surface area contributed by atoms with Crippen LogP contribution < -0.4 is 5.73 Å². The molecule has 0 amide bonds. The van der Waals surface area contributed by atoms with E-state index in [1.807, 2.05) is 27.7 Å². The molecule has 0 saturated carbocycles. The molecule has 1 aromatic heterocycles. The second-order valence-electron chi connectivity index (χ2n) is 4.28. The summed E-state index contributed by atoms with van der Waals surface area (Å²) < 4.78 is 5.17. The van der Waals surface area contributed by atoms with E-state index in [9.17, 15) is 4.79 Å². The highest BCUT2D eigenvalue weighted by Crippen LogP contribution is 2.17. The monoisotopic (exact) mass is 196 g/mol. The highest BCUT2D eigenvalue weighted by Gasteiger charge is 2.20. The van der Waals surface area contributed by atoms with E-state index in [0.717, 1.165) is 5.69 Å². The molecule has 0 bridgehead atoms. The third-order valence-corrected chi connectivity index (χ3v) is 1.59. The average molecular weight is 196 g/mol. The number of aromatic amines is 1. The van der Waals surface area contributed by atoms with Crippen LogP contribution in [0, 0.1) is 6.92 Å². The number of hydrogen-bond acceptors (Lipinski definition) is 3. The number of aryl methyl sites for hydroxylation is 1. The molecule has 1 heterocycles. The number of ether oxygens (including phenoxy) is 1. The van der Waals surface area contributed by atoms with Crippen LogP contribution in [0.1, 0.15) is 37.0 Å². The van der Waals surface area contributed by atoms with E-state index < -0.39 is 11.6 Å². The van der Waals surface area contributed by atoms with Gasteiger partial charge in [0.2, 0.25) is 0 Å². The Morgan fingerprint density at radius 1 is 1.50 bits per heavy atom. The normalized spacial score (nSPS) is 11.4. The number of anilines is 1. The van der Waals surface area contributed by atoms with Crippen molar-refractivity contribution in [3.8, 4) is 0 Å². The Morgan fingerprint density at radius 3 is 2.43 bits per heavy atom. The van der Waals surface area contributed by atoms with E-state index in [4.69, 9.17) is 10.5 Å². The third-order valence-electron chi connectivity index (χ3n) is 1.59. The number of carbonyl (C=O) groups is 1. The Morgan fingerprint density at radius 2 is 2.07 bits per heavy atom. The fourth-order valence-corrected chi connectivity index (χ4v) is 1.11. The van der Waals surface area contributed by atoms with Crippen LogP contribution in [0.4, 0.5) is 5.69 Å². The zero-order chi connectivity index (χ0) is 10.9. The topological polar surface area (TPSA) is 68.1 Å². The van der Waals surface area contributed by atoms with Gasteiger partial charge >= 0.3 is 5.97 Å². The minimum absolute atomic E-state index is 0.331. The number of nitrogens with two attached hydrogens (primary N) is 1. The summed E-state index contributed by atoms with van der Waals surface area (Å²) in [6.07, 6.45) is 0. The van der Waals surface area contributed by atoms with Crippen molar-refractivity contribution in [2.24, 2.45) is 0 Å². The summed E-state index contributed by atoms with van der Waals surface area (Å²) in [5.41, 5.74) is 6.74. The number of H-pyrrole nitrogens is 1. The molecule has 78 valence electrons. The summed E-state index contributed by atoms with van der Waals surface area (Å²) in [7, 11) is 0. The van der Waals surface area contributed by atoms with Crippen LogP contribution in [-0.2, 0) is 4.74 Å². The smallest absolute Gasteiger partial charge is 0.357 e. The van der Waals surface area contributed by atoms with Crippen LogP contribution in [-0.4, -0.2) is 16.6 Å². The average Bonchev–Trinajstić information content (AvgIpc) is 2.26. The number of hydrogen-bond donors (Lipinski definition) is 2. The van der Waals surface area contributed by atoms with Gasteiger partial charge in [-0.15, -0.1) is 0 Å². The zero-order valence-corrected chi connectivity index (χ0v) is 8.97. The fraction of sp³-hybridized carbons (Fsp3) is 0.500. The lowest BCUT2D eigenvalue weighted by Gasteiger charge is -2.19. The summed E-state index contributed by atoms with van der Waals surface area (Å²) in [6.45, 7) is 7.29. The van der Waals surface area contributed by atoms with Crippen molar-refractivity contribution in [1.29, 1.82) is 0 Å². The van der Waals surface area contributed by atoms with E-state index in [0.29, 0.717) is 11.4 Å². The Kier molecular flexibility index (Phi) is 2.55. The molecule has 0 radical (unpaired) electrons. The molecule has 1 aromatic rings. The first-order valence-corrected chi connectivity index (χ1v) is 4.48. The molecule has 4 nitrogen and oxygen atoms in total. The van der Waals surface area contributed by atoms with E-state index in [2.05, 4.69) is 4.98 Å². The van der Waals surface area contributed by atoms with Crippen molar-refractivity contribution >= 4 is 11.7 Å². The van der Waals surface area contributed by atoms with Crippen molar-refractivity contribution in [2.45, 2.75) is 33.3 Å². The summed E-state index contributed by atoms with van der Waals surface area (Å²) in [6, 6.07) is 1.71. The molecule has 4 heteroatoms. The highest BCUT2D eigenvalue weighted by atomic mass is 16.6. The number of esters is 1. The van der Waals surface area contributed by atoms with E-state index in [1.165, 1.54) is 0 Å². The molecule has 14 heavy (non-hydrogen) atoms. The lowest BCUT2D eigenvalue weighted by Crippen LogP contribution is -2.24. The van der Waals surface area contributed by atoms with Gasteiger partial charge in [-0.05, 0) is 33.8 Å². The maximum absolute atomic E-state index is 11.6. The van der Waals surface area contributed by atoms with Crippen LogP contribution in [0.25, 0.3) is 0 Å². The van der Waals surface area contributed by atoms with Crippen molar-refractivity contribution in [2.75, 3.05) is 5.73 Å².